The first-order valence-corrected chi connectivity index (χ1v) is 11.2. The molecule has 0 atom stereocenters. The lowest BCUT2D eigenvalue weighted by atomic mass is 10.1. The highest BCUT2D eigenvalue weighted by Crippen LogP contribution is 2.37. The molecule has 1 fully saturated rings. The first-order valence-electron chi connectivity index (χ1n) is 11.2. The Morgan fingerprint density at radius 1 is 1.31 bits per heavy atom. The molecule has 0 radical (unpaired) electrons. The second kappa shape index (κ2) is 10.2. The van der Waals surface area contributed by atoms with Crippen LogP contribution in [0.5, 0.6) is 0 Å². The maximum atomic E-state index is 13.1. The minimum Gasteiger partial charge on any atom is -0.456 e. The number of hydrogen-bond donors (Lipinski definition) is 1. The van der Waals surface area contributed by atoms with Gasteiger partial charge in [0, 0.05) is 37.5 Å². The van der Waals surface area contributed by atoms with E-state index in [4.69, 9.17) is 9.47 Å². The summed E-state index contributed by atoms with van der Waals surface area (Å²) in [6.07, 6.45) is 7.22. The van der Waals surface area contributed by atoms with Crippen LogP contribution in [0, 0.1) is 5.92 Å². The monoisotopic (exact) mass is 437 g/mol. The predicted molar refractivity (Wildman–Crippen MR) is 131 cm³/mol. The van der Waals surface area contributed by atoms with Gasteiger partial charge in [0.1, 0.15) is 17.0 Å². The quantitative estimate of drug-likeness (QED) is 0.170. The largest absolute Gasteiger partial charge is 0.456 e. The zero-order chi connectivity index (χ0) is 23.3. The van der Waals surface area contributed by atoms with Gasteiger partial charge < -0.3 is 19.4 Å². The highest BCUT2D eigenvalue weighted by atomic mass is 16.6. The minimum atomic E-state index is -0.602. The van der Waals surface area contributed by atoms with E-state index in [1.54, 1.807) is 7.11 Å². The fraction of sp³-hybridized carbons (Fsp3) is 0.462. The second-order valence-electron chi connectivity index (χ2n) is 9.30. The highest BCUT2D eigenvalue weighted by Gasteiger charge is 2.27. The fourth-order valence-electron chi connectivity index (χ4n) is 3.67. The molecule has 0 aliphatic heterocycles. The van der Waals surface area contributed by atoms with E-state index < -0.39 is 11.6 Å². The average molecular weight is 438 g/mol. The molecule has 6 nitrogen and oxygen atoms in total. The summed E-state index contributed by atoms with van der Waals surface area (Å²) in [5.74, 6) is 0.527. The topological polar surface area (TPSA) is 64.8 Å². The number of carbonyl (C=O) groups is 1. The number of esters is 1. The van der Waals surface area contributed by atoms with Crippen molar-refractivity contribution in [3.63, 3.8) is 0 Å². The number of aryl methyl sites for hydroxylation is 1. The van der Waals surface area contributed by atoms with Crippen LogP contribution in [-0.2, 0) is 20.8 Å². The number of nitrogens with zero attached hydrogens (tertiary/aromatic N) is 2. The highest BCUT2D eigenvalue weighted by molar-refractivity contribution is 5.96. The molecular weight excluding hydrogens is 402 g/mol. The number of carbonyl (C=O) groups excluding carboxylic acids is 1. The molecular formula is C26H35N3O3. The molecule has 0 unspecified atom stereocenters. The van der Waals surface area contributed by atoms with Crippen LogP contribution in [0.25, 0.3) is 10.9 Å². The first kappa shape index (κ1) is 23.8. The van der Waals surface area contributed by atoms with Crippen LogP contribution in [0.15, 0.2) is 58.5 Å². The summed E-state index contributed by atoms with van der Waals surface area (Å²) in [4.78, 5) is 17.3. The van der Waals surface area contributed by atoms with Gasteiger partial charge in [-0.25, -0.2) is 9.79 Å². The molecule has 0 spiro atoms. The van der Waals surface area contributed by atoms with E-state index in [9.17, 15) is 4.79 Å². The zero-order valence-corrected chi connectivity index (χ0v) is 19.9. The van der Waals surface area contributed by atoms with Crippen LogP contribution >= 0.6 is 0 Å². The maximum absolute atomic E-state index is 13.1. The van der Waals surface area contributed by atoms with Gasteiger partial charge >= 0.3 is 5.97 Å². The lowest BCUT2D eigenvalue weighted by Crippen LogP contribution is -2.25. The van der Waals surface area contributed by atoms with Crippen LogP contribution in [0.3, 0.4) is 0 Å². The molecule has 1 saturated carbocycles. The molecule has 172 valence electrons. The van der Waals surface area contributed by atoms with Gasteiger partial charge in [0.2, 0.25) is 0 Å². The molecule has 6 heteroatoms. The Balaban J connectivity index is 1.98. The van der Waals surface area contributed by atoms with Crippen molar-refractivity contribution in [2.24, 2.45) is 10.9 Å². The summed E-state index contributed by atoms with van der Waals surface area (Å²) in [5.41, 5.74) is 2.94. The molecule has 32 heavy (non-hydrogen) atoms. The Labute approximate surface area is 191 Å². The van der Waals surface area contributed by atoms with Gasteiger partial charge in [0.25, 0.3) is 0 Å². The van der Waals surface area contributed by atoms with Gasteiger partial charge in [-0.15, -0.1) is 0 Å². The van der Waals surface area contributed by atoms with Gasteiger partial charge in [0.05, 0.1) is 5.52 Å². The van der Waals surface area contributed by atoms with Crippen molar-refractivity contribution in [2.75, 3.05) is 19.0 Å². The van der Waals surface area contributed by atoms with E-state index in [2.05, 4.69) is 46.8 Å². The Morgan fingerprint density at radius 2 is 2.06 bits per heavy atom. The Kier molecular flexibility index (Phi) is 7.56. The Morgan fingerprint density at radius 3 is 2.69 bits per heavy atom. The SMILES string of the molecule is C=N/C(Nc1cccc2c1ccn2CCCOC)=C(\C=C(/C)C1CC1)C(=O)OC(C)(C)C. The second-order valence-corrected chi connectivity index (χ2v) is 9.30. The molecule has 0 saturated heterocycles. The van der Waals surface area contributed by atoms with Crippen LogP contribution in [0.2, 0.25) is 0 Å². The molecule has 2 aromatic rings. The molecule has 1 aliphatic carbocycles. The number of fused-ring (bicyclic) bond motifs is 1. The first-order chi connectivity index (χ1) is 15.2. The lowest BCUT2D eigenvalue weighted by molar-refractivity contribution is -0.149. The molecule has 1 aliphatic rings. The number of ether oxygens (including phenoxy) is 2. The molecule has 3 rings (SSSR count). The van der Waals surface area contributed by atoms with Crippen LogP contribution in [0.1, 0.15) is 47.0 Å². The van der Waals surface area contributed by atoms with E-state index in [1.165, 1.54) is 0 Å². The maximum Gasteiger partial charge on any atom is 0.342 e. The van der Waals surface area contributed by atoms with Crippen molar-refractivity contribution in [2.45, 2.75) is 59.1 Å². The summed E-state index contributed by atoms with van der Waals surface area (Å²) < 4.78 is 13.1. The van der Waals surface area contributed by atoms with Gasteiger partial charge in [-0.1, -0.05) is 11.6 Å². The van der Waals surface area contributed by atoms with Crippen molar-refractivity contribution < 1.29 is 14.3 Å². The molecule has 1 N–H and O–H groups in total. The minimum absolute atomic E-state index is 0.399. The Bertz CT molecular complexity index is 1040. The molecule has 1 heterocycles. The van der Waals surface area contributed by atoms with Crippen molar-refractivity contribution in [3.8, 4) is 0 Å². The van der Waals surface area contributed by atoms with Crippen molar-refractivity contribution >= 4 is 29.3 Å². The zero-order valence-electron chi connectivity index (χ0n) is 19.9. The van der Waals surface area contributed by atoms with Gasteiger partial charge in [-0.3, -0.25) is 0 Å². The standard InChI is InChI=1S/C26H35N3O3/c1-18(19-11-12-19)17-21(25(30)32-26(2,3)4)24(27-5)28-22-9-7-10-23-20(22)13-15-29(23)14-8-16-31-6/h7,9-10,13,15,17,19,28H,5,8,11-12,14,16H2,1-4,6H3/b18-17+,24-21-. The summed E-state index contributed by atoms with van der Waals surface area (Å²) in [6, 6.07) is 8.14. The van der Waals surface area contributed by atoms with E-state index >= 15 is 0 Å². The molecule has 1 aromatic heterocycles. The van der Waals surface area contributed by atoms with E-state index in [-0.39, 0.29) is 0 Å². The van der Waals surface area contributed by atoms with Crippen molar-refractivity contribution in [1.29, 1.82) is 0 Å². The summed E-state index contributed by atoms with van der Waals surface area (Å²) in [5, 5.41) is 4.40. The molecule has 0 amide bonds. The van der Waals surface area contributed by atoms with Gasteiger partial charge in [0.15, 0.2) is 0 Å². The summed E-state index contributed by atoms with van der Waals surface area (Å²) in [7, 11) is 1.72. The Hall–Kier alpha value is -2.86. The lowest BCUT2D eigenvalue weighted by Gasteiger charge is -2.21. The number of methoxy groups -OCH3 is 1. The van der Waals surface area contributed by atoms with Crippen LogP contribution in [0.4, 0.5) is 5.69 Å². The fourth-order valence-corrected chi connectivity index (χ4v) is 3.67. The van der Waals surface area contributed by atoms with Crippen molar-refractivity contribution in [1.82, 2.24) is 4.57 Å². The average Bonchev–Trinajstić information content (AvgIpc) is 3.50. The van der Waals surface area contributed by atoms with Crippen LogP contribution in [-0.4, -0.2) is 36.6 Å². The number of allylic oxidation sites excluding steroid dienone is 1. The number of benzene rings is 1. The number of aliphatic imine (C=N–C) groups is 1. The third-order valence-corrected chi connectivity index (χ3v) is 5.44. The predicted octanol–water partition coefficient (Wildman–Crippen LogP) is 5.70. The summed E-state index contributed by atoms with van der Waals surface area (Å²) in [6.45, 7) is 13.0. The number of nitrogens with one attached hydrogen (secondary N) is 1. The van der Waals surface area contributed by atoms with E-state index in [0.717, 1.165) is 54.6 Å². The van der Waals surface area contributed by atoms with Crippen molar-refractivity contribution in [3.05, 3.63) is 53.5 Å². The molecule has 1 aromatic carbocycles. The van der Waals surface area contributed by atoms with Gasteiger partial charge in [-0.2, -0.15) is 0 Å². The number of anilines is 1. The number of rotatable bonds is 10. The van der Waals surface area contributed by atoms with E-state index in [0.29, 0.717) is 17.3 Å². The number of hydrogen-bond acceptors (Lipinski definition) is 5. The molecule has 0 bridgehead atoms. The third kappa shape index (κ3) is 6.10. The normalized spacial score (nSPS) is 15.5. The van der Waals surface area contributed by atoms with E-state index in [1.807, 2.05) is 39.0 Å². The summed E-state index contributed by atoms with van der Waals surface area (Å²) >= 11 is 0. The number of aromatic nitrogens is 1. The smallest absolute Gasteiger partial charge is 0.342 e. The third-order valence-electron chi connectivity index (χ3n) is 5.44. The van der Waals surface area contributed by atoms with Gasteiger partial charge in [-0.05, 0) is 83.9 Å². The van der Waals surface area contributed by atoms with Crippen LogP contribution < -0.4 is 5.32 Å².